The van der Waals surface area contributed by atoms with Crippen molar-refractivity contribution in [3.63, 3.8) is 0 Å². The first kappa shape index (κ1) is 13.8. The van der Waals surface area contributed by atoms with Gasteiger partial charge in [0.15, 0.2) is 0 Å². The Kier molecular flexibility index (Phi) is 5.84. The first-order valence-corrected chi connectivity index (χ1v) is 5.11. The molecule has 0 fully saturated rings. The average Bonchev–Trinajstić information content (AvgIpc) is 2.11. The van der Waals surface area contributed by atoms with Crippen molar-refractivity contribution in [2.75, 3.05) is 6.54 Å². The zero-order valence-corrected chi connectivity index (χ0v) is 9.98. The summed E-state index contributed by atoms with van der Waals surface area (Å²) in [4.78, 5) is 22.6. The molecule has 4 N–H and O–H groups in total. The van der Waals surface area contributed by atoms with Gasteiger partial charge in [0.1, 0.15) is 0 Å². The minimum absolute atomic E-state index is 0.0516. The molecule has 0 saturated heterocycles. The van der Waals surface area contributed by atoms with Crippen molar-refractivity contribution in [1.82, 2.24) is 10.6 Å². The van der Waals surface area contributed by atoms with Crippen LogP contribution >= 0.6 is 12.2 Å². The monoisotopic (exact) mass is 231 g/mol. The fourth-order valence-electron chi connectivity index (χ4n) is 0.823. The standard InChI is InChI=1S/C9H17N3O2S/c1-5(2)12-7(13)4-11-9(14)6(3)8(10)15/h5-6H,4H2,1-3H3,(H2,10,15)(H,11,14)(H,12,13). The van der Waals surface area contributed by atoms with Gasteiger partial charge in [-0.1, -0.05) is 12.2 Å². The normalized spacial score (nSPS) is 12.0. The van der Waals surface area contributed by atoms with E-state index in [0.29, 0.717) is 0 Å². The van der Waals surface area contributed by atoms with Gasteiger partial charge in [0.05, 0.1) is 17.5 Å². The molecular formula is C9H17N3O2S. The molecule has 2 amide bonds. The SMILES string of the molecule is CC(C)NC(=O)CNC(=O)C(C)C(N)=S. The van der Waals surface area contributed by atoms with Crippen LogP contribution in [-0.4, -0.2) is 29.4 Å². The van der Waals surface area contributed by atoms with Crippen LogP contribution in [0.4, 0.5) is 0 Å². The van der Waals surface area contributed by atoms with Gasteiger partial charge in [-0.05, 0) is 20.8 Å². The number of carbonyl (C=O) groups excluding carboxylic acids is 2. The first-order chi connectivity index (χ1) is 6.84. The molecule has 0 aromatic carbocycles. The van der Waals surface area contributed by atoms with E-state index >= 15 is 0 Å². The maximum atomic E-state index is 11.3. The second-order valence-electron chi connectivity index (χ2n) is 3.56. The van der Waals surface area contributed by atoms with Crippen molar-refractivity contribution in [3.8, 4) is 0 Å². The van der Waals surface area contributed by atoms with Crippen LogP contribution in [0.25, 0.3) is 0 Å². The van der Waals surface area contributed by atoms with Crippen molar-refractivity contribution in [2.45, 2.75) is 26.8 Å². The fourth-order valence-corrected chi connectivity index (χ4v) is 0.930. The molecule has 0 rings (SSSR count). The van der Waals surface area contributed by atoms with E-state index in [-0.39, 0.29) is 29.4 Å². The minimum Gasteiger partial charge on any atom is -0.393 e. The molecule has 1 atom stereocenters. The predicted molar refractivity (Wildman–Crippen MR) is 62.2 cm³/mol. The summed E-state index contributed by atoms with van der Waals surface area (Å²) in [5, 5.41) is 5.10. The molecule has 0 saturated carbocycles. The molecule has 0 heterocycles. The summed E-state index contributed by atoms with van der Waals surface area (Å²) in [7, 11) is 0. The van der Waals surface area contributed by atoms with E-state index in [9.17, 15) is 9.59 Å². The van der Waals surface area contributed by atoms with Gasteiger partial charge in [0.25, 0.3) is 0 Å². The Morgan fingerprint density at radius 3 is 2.27 bits per heavy atom. The van der Waals surface area contributed by atoms with Crippen LogP contribution in [0.1, 0.15) is 20.8 Å². The Morgan fingerprint density at radius 2 is 1.87 bits per heavy atom. The molecule has 1 unspecified atom stereocenters. The van der Waals surface area contributed by atoms with E-state index in [4.69, 9.17) is 5.73 Å². The highest BCUT2D eigenvalue weighted by molar-refractivity contribution is 7.80. The number of nitrogens with one attached hydrogen (secondary N) is 2. The van der Waals surface area contributed by atoms with E-state index in [2.05, 4.69) is 22.9 Å². The second-order valence-corrected chi connectivity index (χ2v) is 4.04. The van der Waals surface area contributed by atoms with Gasteiger partial charge < -0.3 is 16.4 Å². The van der Waals surface area contributed by atoms with Crippen LogP contribution in [-0.2, 0) is 9.59 Å². The van der Waals surface area contributed by atoms with Gasteiger partial charge in [-0.15, -0.1) is 0 Å². The van der Waals surface area contributed by atoms with Gasteiger partial charge in [-0.25, -0.2) is 0 Å². The van der Waals surface area contributed by atoms with E-state index in [0.717, 1.165) is 0 Å². The zero-order chi connectivity index (χ0) is 12.0. The van der Waals surface area contributed by atoms with Crippen LogP contribution in [0.2, 0.25) is 0 Å². The lowest BCUT2D eigenvalue weighted by Gasteiger charge is -2.12. The third-order valence-electron chi connectivity index (χ3n) is 1.69. The van der Waals surface area contributed by atoms with E-state index in [1.54, 1.807) is 6.92 Å². The predicted octanol–water partition coefficient (Wildman–Crippen LogP) is -0.451. The maximum Gasteiger partial charge on any atom is 0.239 e. The summed E-state index contributed by atoms with van der Waals surface area (Å²) in [6.45, 7) is 5.23. The molecule has 6 heteroatoms. The first-order valence-electron chi connectivity index (χ1n) is 4.71. The largest absolute Gasteiger partial charge is 0.393 e. The molecule has 0 spiro atoms. The Balaban J connectivity index is 3.91. The van der Waals surface area contributed by atoms with Crippen molar-refractivity contribution < 1.29 is 9.59 Å². The Morgan fingerprint density at radius 1 is 1.33 bits per heavy atom. The lowest BCUT2D eigenvalue weighted by molar-refractivity contribution is -0.127. The third kappa shape index (κ3) is 6.01. The number of carbonyl (C=O) groups is 2. The van der Waals surface area contributed by atoms with E-state index in [1.807, 2.05) is 13.8 Å². The quantitative estimate of drug-likeness (QED) is 0.560. The summed E-state index contributed by atoms with van der Waals surface area (Å²) >= 11 is 4.66. The lowest BCUT2D eigenvalue weighted by Crippen LogP contribution is -2.43. The molecule has 0 aliphatic heterocycles. The molecule has 0 aliphatic carbocycles. The van der Waals surface area contributed by atoms with Gasteiger partial charge in [0.2, 0.25) is 11.8 Å². The molecule has 0 radical (unpaired) electrons. The highest BCUT2D eigenvalue weighted by Gasteiger charge is 2.15. The molecule has 0 bridgehead atoms. The van der Waals surface area contributed by atoms with Crippen LogP contribution in [0, 0.1) is 5.92 Å². The molecule has 0 aromatic rings. The number of thiocarbonyl (C=S) groups is 1. The van der Waals surface area contributed by atoms with Crippen LogP contribution in [0.15, 0.2) is 0 Å². The smallest absolute Gasteiger partial charge is 0.239 e. The highest BCUT2D eigenvalue weighted by Crippen LogP contribution is 1.93. The highest BCUT2D eigenvalue weighted by atomic mass is 32.1. The number of hydrogen-bond donors (Lipinski definition) is 3. The van der Waals surface area contributed by atoms with Crippen molar-refractivity contribution in [3.05, 3.63) is 0 Å². The number of amides is 2. The maximum absolute atomic E-state index is 11.3. The Bertz CT molecular complexity index is 266. The fraction of sp³-hybridized carbons (Fsp3) is 0.667. The molecule has 5 nitrogen and oxygen atoms in total. The molecule has 0 aromatic heterocycles. The summed E-state index contributed by atoms with van der Waals surface area (Å²) in [6.07, 6.45) is 0. The van der Waals surface area contributed by atoms with E-state index < -0.39 is 5.92 Å². The van der Waals surface area contributed by atoms with Crippen LogP contribution in [0.3, 0.4) is 0 Å². The number of hydrogen-bond acceptors (Lipinski definition) is 3. The Hall–Kier alpha value is -1.17. The molecular weight excluding hydrogens is 214 g/mol. The van der Waals surface area contributed by atoms with Gasteiger partial charge in [-0.3, -0.25) is 9.59 Å². The van der Waals surface area contributed by atoms with Crippen LogP contribution in [0.5, 0.6) is 0 Å². The van der Waals surface area contributed by atoms with E-state index in [1.165, 1.54) is 0 Å². The van der Waals surface area contributed by atoms with Gasteiger partial charge >= 0.3 is 0 Å². The summed E-state index contributed by atoms with van der Waals surface area (Å²) in [5.41, 5.74) is 5.29. The molecule has 86 valence electrons. The number of rotatable bonds is 5. The van der Waals surface area contributed by atoms with Crippen molar-refractivity contribution in [1.29, 1.82) is 0 Å². The van der Waals surface area contributed by atoms with Gasteiger partial charge in [0, 0.05) is 6.04 Å². The second kappa shape index (κ2) is 6.34. The summed E-state index contributed by atoms with van der Waals surface area (Å²) < 4.78 is 0. The van der Waals surface area contributed by atoms with Crippen molar-refractivity contribution in [2.24, 2.45) is 11.7 Å². The van der Waals surface area contributed by atoms with Gasteiger partial charge in [-0.2, -0.15) is 0 Å². The summed E-state index contributed by atoms with van der Waals surface area (Å²) in [6, 6.07) is 0.0578. The minimum atomic E-state index is -0.549. The molecule has 0 aliphatic rings. The van der Waals surface area contributed by atoms with Crippen LogP contribution < -0.4 is 16.4 Å². The zero-order valence-electron chi connectivity index (χ0n) is 9.16. The summed E-state index contributed by atoms with van der Waals surface area (Å²) in [5.74, 6) is -1.11. The Labute approximate surface area is 94.8 Å². The van der Waals surface area contributed by atoms with Crippen molar-refractivity contribution >= 4 is 29.0 Å². The average molecular weight is 231 g/mol. The third-order valence-corrected chi connectivity index (χ3v) is 2.05. The topological polar surface area (TPSA) is 84.2 Å². The lowest BCUT2D eigenvalue weighted by atomic mass is 10.1. The number of nitrogens with two attached hydrogens (primary N) is 1. The molecule has 15 heavy (non-hydrogen) atoms.